The Morgan fingerprint density at radius 2 is 1.75 bits per heavy atom. The van der Waals surface area contributed by atoms with E-state index in [9.17, 15) is 8.42 Å². The van der Waals surface area contributed by atoms with Gasteiger partial charge in [-0.2, -0.15) is 0 Å². The second kappa shape index (κ2) is 2.59. The van der Waals surface area contributed by atoms with Crippen molar-refractivity contribution in [1.82, 2.24) is 0 Å². The van der Waals surface area contributed by atoms with Gasteiger partial charge < -0.3 is 0 Å². The third-order valence-electron chi connectivity index (χ3n) is 2.18. The highest BCUT2D eigenvalue weighted by atomic mass is 32.2. The van der Waals surface area contributed by atoms with E-state index in [0.717, 1.165) is 5.56 Å². The summed E-state index contributed by atoms with van der Waals surface area (Å²) in [6.07, 6.45) is 0.679. The van der Waals surface area contributed by atoms with E-state index in [1.54, 1.807) is 0 Å². The molecule has 0 unspecified atom stereocenters. The van der Waals surface area contributed by atoms with Crippen LogP contribution >= 0.6 is 0 Å². The molecule has 0 amide bonds. The van der Waals surface area contributed by atoms with Gasteiger partial charge in [-0.15, -0.1) is 0 Å². The molecule has 0 aliphatic carbocycles. The third-order valence-corrected chi connectivity index (χ3v) is 3.75. The van der Waals surface area contributed by atoms with Crippen LogP contribution < -0.4 is 0 Å². The van der Waals surface area contributed by atoms with Gasteiger partial charge in [0.1, 0.15) is 0 Å². The normalized spacial score (nSPS) is 20.0. The van der Waals surface area contributed by atoms with Gasteiger partial charge in [0.2, 0.25) is 0 Å². The van der Waals surface area contributed by atoms with E-state index in [4.69, 9.17) is 0 Å². The van der Waals surface area contributed by atoms with Gasteiger partial charge in [-0.3, -0.25) is 0 Å². The molecule has 2 rings (SSSR count). The molecule has 0 radical (unpaired) electrons. The van der Waals surface area contributed by atoms with E-state index in [-0.39, 0.29) is 5.75 Å². The van der Waals surface area contributed by atoms with Gasteiger partial charge in [0.05, 0.1) is 11.5 Å². The highest BCUT2D eigenvalue weighted by molar-refractivity contribution is 7.90. The maximum atomic E-state index is 11.2. The van der Waals surface area contributed by atoms with Crippen LogP contribution in [0.2, 0.25) is 0 Å². The molecule has 0 N–H and O–H groups in total. The first kappa shape index (κ1) is 7.80. The largest absolute Gasteiger partial charge is 0.228 e. The lowest BCUT2D eigenvalue weighted by Crippen LogP contribution is -2.18. The topological polar surface area (TPSA) is 34.1 Å². The van der Waals surface area contributed by atoms with Gasteiger partial charge in [0.15, 0.2) is 9.84 Å². The monoisotopic (exact) mass is 182 g/mol. The average molecular weight is 182 g/mol. The number of fused-ring (bicyclic) bond motifs is 1. The van der Waals surface area contributed by atoms with Crippen LogP contribution in [0.15, 0.2) is 24.3 Å². The SMILES string of the molecule is O=S1(=O)CCc2ccccc2C1. The molecule has 2 nitrogen and oxygen atoms in total. The minimum Gasteiger partial charge on any atom is -0.228 e. The Labute approximate surface area is 72.1 Å². The summed E-state index contributed by atoms with van der Waals surface area (Å²) in [4.78, 5) is 0. The summed E-state index contributed by atoms with van der Waals surface area (Å²) in [5, 5.41) is 0. The number of hydrogen-bond donors (Lipinski definition) is 0. The Hall–Kier alpha value is -0.830. The fourth-order valence-electron chi connectivity index (χ4n) is 1.52. The minimum absolute atomic E-state index is 0.225. The molecule has 1 aromatic rings. The molecule has 64 valence electrons. The molecular weight excluding hydrogens is 172 g/mol. The van der Waals surface area contributed by atoms with Crippen LogP contribution in [-0.2, 0) is 22.0 Å². The number of aryl methyl sites for hydroxylation is 1. The first-order valence-electron chi connectivity index (χ1n) is 3.95. The standard InChI is InChI=1S/C9H10O2S/c10-12(11)6-5-8-3-1-2-4-9(8)7-12/h1-4H,5-7H2. The Morgan fingerprint density at radius 3 is 2.50 bits per heavy atom. The molecular formula is C9H10O2S. The van der Waals surface area contributed by atoms with Crippen molar-refractivity contribution in [3.63, 3.8) is 0 Å². The van der Waals surface area contributed by atoms with E-state index in [0.29, 0.717) is 12.2 Å². The zero-order valence-electron chi connectivity index (χ0n) is 6.66. The van der Waals surface area contributed by atoms with Crippen LogP contribution in [0.3, 0.4) is 0 Å². The zero-order valence-corrected chi connectivity index (χ0v) is 7.47. The van der Waals surface area contributed by atoms with Crippen molar-refractivity contribution >= 4 is 9.84 Å². The van der Waals surface area contributed by atoms with Crippen LogP contribution in [0.1, 0.15) is 11.1 Å². The zero-order chi connectivity index (χ0) is 8.60. The molecule has 12 heavy (non-hydrogen) atoms. The van der Waals surface area contributed by atoms with Crippen molar-refractivity contribution < 1.29 is 8.42 Å². The van der Waals surface area contributed by atoms with E-state index in [1.165, 1.54) is 5.56 Å². The second-order valence-corrected chi connectivity index (χ2v) is 5.29. The first-order valence-corrected chi connectivity index (χ1v) is 5.77. The Morgan fingerprint density at radius 1 is 1.08 bits per heavy atom. The Balaban J connectivity index is 2.48. The summed E-state index contributed by atoms with van der Waals surface area (Å²) in [7, 11) is -2.80. The fourth-order valence-corrected chi connectivity index (χ4v) is 2.95. The molecule has 3 heteroatoms. The lowest BCUT2D eigenvalue weighted by molar-refractivity contribution is 0.591. The van der Waals surface area contributed by atoms with Crippen LogP contribution in [-0.4, -0.2) is 14.2 Å². The number of benzene rings is 1. The number of rotatable bonds is 0. The Bertz CT molecular complexity index is 393. The summed E-state index contributed by atoms with van der Waals surface area (Å²) >= 11 is 0. The van der Waals surface area contributed by atoms with E-state index in [1.807, 2.05) is 24.3 Å². The van der Waals surface area contributed by atoms with Crippen LogP contribution in [0, 0.1) is 0 Å². The van der Waals surface area contributed by atoms with Gasteiger partial charge >= 0.3 is 0 Å². The molecule has 0 saturated carbocycles. The molecule has 0 bridgehead atoms. The molecule has 0 fully saturated rings. The lowest BCUT2D eigenvalue weighted by atomic mass is 10.1. The lowest BCUT2D eigenvalue weighted by Gasteiger charge is -2.15. The Kier molecular flexibility index (Phi) is 1.68. The molecule has 1 aliphatic rings. The quantitative estimate of drug-likeness (QED) is 0.603. The summed E-state index contributed by atoms with van der Waals surface area (Å²) < 4.78 is 22.4. The maximum absolute atomic E-state index is 11.2. The van der Waals surface area contributed by atoms with E-state index >= 15 is 0 Å². The van der Waals surface area contributed by atoms with Crippen LogP contribution in [0.25, 0.3) is 0 Å². The number of sulfone groups is 1. The summed E-state index contributed by atoms with van der Waals surface area (Å²) in [6, 6.07) is 7.74. The van der Waals surface area contributed by atoms with Crippen molar-refractivity contribution in [2.24, 2.45) is 0 Å². The molecule has 1 aliphatic heterocycles. The average Bonchev–Trinajstić information content (AvgIpc) is 2.02. The van der Waals surface area contributed by atoms with Crippen LogP contribution in [0.5, 0.6) is 0 Å². The summed E-state index contributed by atoms with van der Waals surface area (Å²) in [5.74, 6) is 0.535. The predicted octanol–water partition coefficient (Wildman–Crippen LogP) is 1.16. The van der Waals surface area contributed by atoms with Crippen molar-refractivity contribution in [2.75, 3.05) is 5.75 Å². The van der Waals surface area contributed by atoms with Crippen molar-refractivity contribution in [2.45, 2.75) is 12.2 Å². The van der Waals surface area contributed by atoms with E-state index < -0.39 is 9.84 Å². The fraction of sp³-hybridized carbons (Fsp3) is 0.333. The molecule has 0 aromatic heterocycles. The predicted molar refractivity (Wildman–Crippen MR) is 47.6 cm³/mol. The van der Waals surface area contributed by atoms with Gasteiger partial charge in [-0.25, -0.2) is 8.42 Å². The highest BCUT2D eigenvalue weighted by Gasteiger charge is 2.19. The summed E-state index contributed by atoms with van der Waals surface area (Å²) in [6.45, 7) is 0. The van der Waals surface area contributed by atoms with Crippen molar-refractivity contribution in [3.05, 3.63) is 35.4 Å². The molecule has 0 spiro atoms. The third kappa shape index (κ3) is 1.37. The molecule has 1 heterocycles. The second-order valence-electron chi connectivity index (χ2n) is 3.11. The highest BCUT2D eigenvalue weighted by Crippen LogP contribution is 2.19. The van der Waals surface area contributed by atoms with Gasteiger partial charge in [0, 0.05) is 0 Å². The van der Waals surface area contributed by atoms with Gasteiger partial charge in [0.25, 0.3) is 0 Å². The minimum atomic E-state index is -2.80. The molecule has 0 saturated heterocycles. The maximum Gasteiger partial charge on any atom is 0.154 e. The van der Waals surface area contributed by atoms with Crippen LogP contribution in [0.4, 0.5) is 0 Å². The molecule has 0 atom stereocenters. The number of hydrogen-bond acceptors (Lipinski definition) is 2. The van der Waals surface area contributed by atoms with Crippen molar-refractivity contribution in [3.8, 4) is 0 Å². The van der Waals surface area contributed by atoms with Crippen molar-refractivity contribution in [1.29, 1.82) is 0 Å². The van der Waals surface area contributed by atoms with Gasteiger partial charge in [-0.1, -0.05) is 24.3 Å². The first-order chi connectivity index (χ1) is 5.67. The molecule has 1 aromatic carbocycles. The van der Waals surface area contributed by atoms with Gasteiger partial charge in [-0.05, 0) is 17.5 Å². The smallest absolute Gasteiger partial charge is 0.154 e. The van der Waals surface area contributed by atoms with E-state index in [2.05, 4.69) is 0 Å². The summed E-state index contributed by atoms with van der Waals surface area (Å²) in [5.41, 5.74) is 2.16.